The van der Waals surface area contributed by atoms with Gasteiger partial charge in [-0.2, -0.15) is 0 Å². The van der Waals surface area contributed by atoms with E-state index in [1.54, 1.807) is 14.0 Å². The summed E-state index contributed by atoms with van der Waals surface area (Å²) in [6.07, 6.45) is 5.23. The molecule has 1 atom stereocenters. The third kappa shape index (κ3) is 7.56. The van der Waals surface area contributed by atoms with E-state index in [-0.39, 0.29) is 35.9 Å². The van der Waals surface area contributed by atoms with Gasteiger partial charge in [-0.25, -0.2) is 4.79 Å². The van der Waals surface area contributed by atoms with Gasteiger partial charge in [0.15, 0.2) is 5.96 Å². The summed E-state index contributed by atoms with van der Waals surface area (Å²) < 4.78 is 0. The number of rotatable bonds is 9. The van der Waals surface area contributed by atoms with Crippen LogP contribution >= 0.6 is 24.0 Å². The molecule has 0 saturated carbocycles. The van der Waals surface area contributed by atoms with Gasteiger partial charge in [0.05, 0.1) is 0 Å². The summed E-state index contributed by atoms with van der Waals surface area (Å²) in [6, 6.07) is 8.46. The molecule has 1 unspecified atom stereocenters. The van der Waals surface area contributed by atoms with Gasteiger partial charge in [0.2, 0.25) is 0 Å². The second-order valence-corrected chi connectivity index (χ2v) is 8.93. The molecule has 0 radical (unpaired) electrons. The van der Waals surface area contributed by atoms with E-state index in [1.807, 2.05) is 6.92 Å². The summed E-state index contributed by atoms with van der Waals surface area (Å²) in [4.78, 5) is 32.6. The number of amides is 3. The van der Waals surface area contributed by atoms with E-state index in [1.165, 1.54) is 48.4 Å². The van der Waals surface area contributed by atoms with Crippen molar-refractivity contribution in [3.8, 4) is 0 Å². The standard InChI is InChI=1S/C24H38N6O2.HI/c1-4-24(2)21(31)30(23(32)28-24)16-8-13-26-22(25-3)27-17-19-9-11-20(12-10-19)18-29-14-6-5-7-15-29;/h9-12H,4-8,13-18H2,1-3H3,(H,28,32)(H2,25,26,27);1H. The van der Waals surface area contributed by atoms with Gasteiger partial charge in [0.25, 0.3) is 5.91 Å². The minimum Gasteiger partial charge on any atom is -0.356 e. The highest BCUT2D eigenvalue weighted by atomic mass is 127. The zero-order chi connectivity index (χ0) is 23.0. The highest BCUT2D eigenvalue weighted by Crippen LogP contribution is 2.20. The number of aliphatic imine (C=N–C) groups is 1. The molecule has 33 heavy (non-hydrogen) atoms. The highest BCUT2D eigenvalue weighted by Gasteiger charge is 2.45. The molecule has 0 aromatic heterocycles. The van der Waals surface area contributed by atoms with Crippen molar-refractivity contribution in [1.29, 1.82) is 0 Å². The van der Waals surface area contributed by atoms with E-state index in [4.69, 9.17) is 0 Å². The van der Waals surface area contributed by atoms with Crippen LogP contribution in [0.15, 0.2) is 29.3 Å². The van der Waals surface area contributed by atoms with Gasteiger partial charge >= 0.3 is 6.03 Å². The van der Waals surface area contributed by atoms with Crippen LogP contribution in [0, 0.1) is 0 Å². The molecule has 0 bridgehead atoms. The quantitative estimate of drug-likeness (QED) is 0.140. The Bertz CT molecular complexity index is 810. The van der Waals surface area contributed by atoms with Gasteiger partial charge in [-0.15, -0.1) is 24.0 Å². The number of piperidine rings is 1. The van der Waals surface area contributed by atoms with Crippen LogP contribution in [0.3, 0.4) is 0 Å². The monoisotopic (exact) mass is 570 g/mol. The predicted octanol–water partition coefficient (Wildman–Crippen LogP) is 3.07. The van der Waals surface area contributed by atoms with Crippen LogP contribution in [0.2, 0.25) is 0 Å². The second kappa shape index (κ2) is 13.1. The Balaban J connectivity index is 0.00000385. The maximum atomic E-state index is 12.4. The number of halogens is 1. The molecule has 2 aliphatic rings. The first-order valence-corrected chi connectivity index (χ1v) is 11.8. The fraction of sp³-hybridized carbons (Fsp3) is 0.625. The van der Waals surface area contributed by atoms with E-state index in [0.29, 0.717) is 38.4 Å². The molecule has 3 rings (SSSR count). The summed E-state index contributed by atoms with van der Waals surface area (Å²) in [5.41, 5.74) is 1.79. The normalized spacial score (nSPS) is 21.5. The molecule has 8 nitrogen and oxygen atoms in total. The Morgan fingerprint density at radius 2 is 1.76 bits per heavy atom. The highest BCUT2D eigenvalue weighted by molar-refractivity contribution is 14.0. The predicted molar refractivity (Wildman–Crippen MR) is 143 cm³/mol. The number of carbonyl (C=O) groups is 2. The molecule has 0 aliphatic carbocycles. The first kappa shape index (κ1) is 27.4. The molecular weight excluding hydrogens is 531 g/mol. The van der Waals surface area contributed by atoms with Gasteiger partial charge in [0, 0.05) is 33.2 Å². The summed E-state index contributed by atoms with van der Waals surface area (Å²) in [7, 11) is 1.74. The van der Waals surface area contributed by atoms with Crippen molar-refractivity contribution >= 4 is 41.9 Å². The van der Waals surface area contributed by atoms with Crippen molar-refractivity contribution in [2.75, 3.05) is 33.2 Å². The number of nitrogens with one attached hydrogen (secondary N) is 3. The summed E-state index contributed by atoms with van der Waals surface area (Å²) in [6.45, 7) is 8.83. The van der Waals surface area contributed by atoms with Crippen molar-refractivity contribution in [2.24, 2.45) is 4.99 Å². The van der Waals surface area contributed by atoms with Crippen LogP contribution in [0.25, 0.3) is 0 Å². The van der Waals surface area contributed by atoms with Gasteiger partial charge in [-0.1, -0.05) is 37.6 Å². The number of nitrogens with zero attached hydrogens (tertiary/aromatic N) is 3. The fourth-order valence-electron chi connectivity index (χ4n) is 4.18. The van der Waals surface area contributed by atoms with Gasteiger partial charge in [-0.3, -0.25) is 19.6 Å². The van der Waals surface area contributed by atoms with E-state index < -0.39 is 5.54 Å². The molecule has 184 valence electrons. The number of hydrogen-bond acceptors (Lipinski definition) is 4. The van der Waals surface area contributed by atoms with E-state index >= 15 is 0 Å². The Hall–Kier alpha value is -1.88. The van der Waals surface area contributed by atoms with Crippen LogP contribution in [-0.4, -0.2) is 66.5 Å². The number of likely N-dealkylation sites (tertiary alicyclic amines) is 1. The van der Waals surface area contributed by atoms with Crippen molar-refractivity contribution in [1.82, 2.24) is 25.8 Å². The van der Waals surface area contributed by atoms with Gasteiger partial charge in [0.1, 0.15) is 5.54 Å². The maximum absolute atomic E-state index is 12.4. The smallest absolute Gasteiger partial charge is 0.325 e. The lowest BCUT2D eigenvalue weighted by Crippen LogP contribution is -2.43. The number of benzene rings is 1. The molecule has 2 heterocycles. The molecule has 2 fully saturated rings. The molecule has 9 heteroatoms. The molecule has 2 saturated heterocycles. The Morgan fingerprint density at radius 1 is 1.09 bits per heavy atom. The van der Waals surface area contributed by atoms with Crippen molar-refractivity contribution in [2.45, 2.75) is 64.6 Å². The Kier molecular flexibility index (Phi) is 10.9. The fourth-order valence-corrected chi connectivity index (χ4v) is 4.18. The lowest BCUT2D eigenvalue weighted by molar-refractivity contribution is -0.130. The molecule has 2 aliphatic heterocycles. The second-order valence-electron chi connectivity index (χ2n) is 8.93. The van der Waals surface area contributed by atoms with Crippen LogP contribution in [0.5, 0.6) is 0 Å². The van der Waals surface area contributed by atoms with E-state index in [9.17, 15) is 9.59 Å². The molecule has 0 spiro atoms. The SMILES string of the molecule is CCC1(C)NC(=O)N(CCCNC(=NC)NCc2ccc(CN3CCCCC3)cc2)C1=O.I. The molecule has 1 aromatic carbocycles. The number of imide groups is 1. The van der Waals surface area contributed by atoms with Gasteiger partial charge in [-0.05, 0) is 56.8 Å². The zero-order valence-electron chi connectivity index (χ0n) is 20.2. The Labute approximate surface area is 215 Å². The molecule has 3 amide bonds. The maximum Gasteiger partial charge on any atom is 0.325 e. The van der Waals surface area contributed by atoms with E-state index in [2.05, 4.69) is 50.1 Å². The van der Waals surface area contributed by atoms with Crippen LogP contribution in [-0.2, 0) is 17.9 Å². The summed E-state index contributed by atoms with van der Waals surface area (Å²) in [5.74, 6) is 0.564. The van der Waals surface area contributed by atoms with E-state index in [0.717, 1.165) is 6.54 Å². The lowest BCUT2D eigenvalue weighted by Gasteiger charge is -2.26. The first-order chi connectivity index (χ1) is 15.4. The summed E-state index contributed by atoms with van der Waals surface area (Å²) in [5, 5.41) is 9.36. The lowest BCUT2D eigenvalue weighted by atomic mass is 9.99. The zero-order valence-corrected chi connectivity index (χ0v) is 22.5. The number of guanidine groups is 1. The third-order valence-electron chi connectivity index (χ3n) is 6.46. The largest absolute Gasteiger partial charge is 0.356 e. The number of hydrogen-bond donors (Lipinski definition) is 3. The minimum absolute atomic E-state index is 0. The number of carbonyl (C=O) groups excluding carboxylic acids is 2. The van der Waals surface area contributed by atoms with Crippen molar-refractivity contribution in [3.63, 3.8) is 0 Å². The van der Waals surface area contributed by atoms with Crippen LogP contribution < -0.4 is 16.0 Å². The topological polar surface area (TPSA) is 89.1 Å². The average molecular weight is 571 g/mol. The molecule has 3 N–H and O–H groups in total. The third-order valence-corrected chi connectivity index (χ3v) is 6.46. The Morgan fingerprint density at radius 3 is 2.36 bits per heavy atom. The van der Waals surface area contributed by atoms with Crippen LogP contribution in [0.4, 0.5) is 4.79 Å². The van der Waals surface area contributed by atoms with Crippen molar-refractivity contribution in [3.05, 3.63) is 35.4 Å². The van der Waals surface area contributed by atoms with Crippen LogP contribution in [0.1, 0.15) is 57.1 Å². The van der Waals surface area contributed by atoms with Crippen molar-refractivity contribution < 1.29 is 9.59 Å². The summed E-state index contributed by atoms with van der Waals surface area (Å²) >= 11 is 0. The number of urea groups is 1. The molecule has 1 aromatic rings. The molecular formula is C24H39IN6O2. The first-order valence-electron chi connectivity index (χ1n) is 11.8. The van der Waals surface area contributed by atoms with Gasteiger partial charge < -0.3 is 16.0 Å². The average Bonchev–Trinajstić information content (AvgIpc) is 3.03. The minimum atomic E-state index is -0.772.